The Morgan fingerprint density at radius 2 is 1.78 bits per heavy atom. The number of nitrogens with one attached hydrogen (secondary N) is 2. The van der Waals surface area contributed by atoms with Crippen molar-refractivity contribution >= 4 is 17.5 Å². The third kappa shape index (κ3) is 5.65. The molecule has 1 aliphatic rings. The van der Waals surface area contributed by atoms with Crippen LogP contribution in [0.3, 0.4) is 0 Å². The van der Waals surface area contributed by atoms with Gasteiger partial charge in [0, 0.05) is 31.9 Å². The van der Waals surface area contributed by atoms with Crippen molar-refractivity contribution in [2.24, 2.45) is 0 Å². The lowest BCUT2D eigenvalue weighted by Crippen LogP contribution is -2.41. The van der Waals surface area contributed by atoms with Crippen LogP contribution in [0, 0.1) is 13.8 Å². The molecule has 0 spiro atoms. The minimum Gasteiger partial charge on any atom is -0.379 e. The van der Waals surface area contributed by atoms with Gasteiger partial charge in [0.1, 0.15) is 6.42 Å². The Balaban J connectivity index is 1.71. The maximum absolute atomic E-state index is 12.0. The highest BCUT2D eigenvalue weighted by Gasteiger charge is 2.13. The molecule has 1 fully saturated rings. The lowest BCUT2D eigenvalue weighted by atomic mass is 10.1. The quantitative estimate of drug-likeness (QED) is 0.770. The summed E-state index contributed by atoms with van der Waals surface area (Å²) in [6.07, 6.45) is -0.156. The van der Waals surface area contributed by atoms with Gasteiger partial charge >= 0.3 is 0 Å². The molecular weight excluding hydrogens is 294 g/mol. The van der Waals surface area contributed by atoms with Gasteiger partial charge in [0.25, 0.3) is 0 Å². The fraction of sp³-hybridized carbons (Fsp3) is 0.529. The highest BCUT2D eigenvalue weighted by Crippen LogP contribution is 2.19. The van der Waals surface area contributed by atoms with Crippen molar-refractivity contribution in [3.63, 3.8) is 0 Å². The molecule has 1 aromatic rings. The molecule has 1 aromatic carbocycles. The fourth-order valence-corrected chi connectivity index (χ4v) is 2.58. The first kappa shape index (κ1) is 17.4. The molecule has 0 bridgehead atoms. The molecule has 1 aliphatic heterocycles. The average molecular weight is 319 g/mol. The molecule has 0 aliphatic carbocycles. The number of hydrogen-bond acceptors (Lipinski definition) is 4. The minimum absolute atomic E-state index is 0.156. The Bertz CT molecular complexity index is 534. The molecule has 0 atom stereocenters. The van der Waals surface area contributed by atoms with Gasteiger partial charge in [-0.2, -0.15) is 0 Å². The van der Waals surface area contributed by atoms with Crippen LogP contribution in [0.4, 0.5) is 5.69 Å². The Labute approximate surface area is 137 Å². The summed E-state index contributed by atoms with van der Waals surface area (Å²) < 4.78 is 5.27. The molecular formula is C17H25N3O3. The summed E-state index contributed by atoms with van der Waals surface area (Å²) in [5.41, 5.74) is 2.77. The number of para-hydroxylation sites is 1. The second-order valence-corrected chi connectivity index (χ2v) is 5.80. The van der Waals surface area contributed by atoms with Crippen molar-refractivity contribution in [1.82, 2.24) is 10.2 Å². The van der Waals surface area contributed by atoms with E-state index in [1.54, 1.807) is 0 Å². The maximum atomic E-state index is 12.0. The van der Waals surface area contributed by atoms with E-state index in [-0.39, 0.29) is 18.2 Å². The second-order valence-electron chi connectivity index (χ2n) is 5.80. The van der Waals surface area contributed by atoms with Gasteiger partial charge in [-0.25, -0.2) is 0 Å². The van der Waals surface area contributed by atoms with Crippen LogP contribution in [0.15, 0.2) is 18.2 Å². The van der Waals surface area contributed by atoms with Crippen molar-refractivity contribution in [3.8, 4) is 0 Å². The standard InChI is InChI=1S/C17H25N3O3/c1-13-4-3-5-14(2)17(13)19-16(22)12-15(21)18-6-7-20-8-10-23-11-9-20/h3-5H,6-12H2,1-2H3,(H,18,21)(H,19,22). The molecule has 1 heterocycles. The van der Waals surface area contributed by atoms with E-state index in [4.69, 9.17) is 4.74 Å². The van der Waals surface area contributed by atoms with Gasteiger partial charge in [-0.15, -0.1) is 0 Å². The first-order chi connectivity index (χ1) is 11.1. The zero-order chi connectivity index (χ0) is 16.7. The molecule has 6 nitrogen and oxygen atoms in total. The summed E-state index contributed by atoms with van der Waals surface area (Å²) in [7, 11) is 0. The number of carbonyl (C=O) groups is 2. The number of benzene rings is 1. The van der Waals surface area contributed by atoms with Crippen LogP contribution < -0.4 is 10.6 Å². The van der Waals surface area contributed by atoms with Gasteiger partial charge in [0.15, 0.2) is 0 Å². The highest BCUT2D eigenvalue weighted by atomic mass is 16.5. The monoisotopic (exact) mass is 319 g/mol. The Hall–Kier alpha value is -1.92. The number of carbonyl (C=O) groups excluding carboxylic acids is 2. The molecule has 1 saturated heterocycles. The highest BCUT2D eigenvalue weighted by molar-refractivity contribution is 6.04. The lowest BCUT2D eigenvalue weighted by Gasteiger charge is -2.26. The number of amides is 2. The molecule has 0 aromatic heterocycles. The first-order valence-electron chi connectivity index (χ1n) is 7.99. The first-order valence-corrected chi connectivity index (χ1v) is 7.99. The molecule has 0 radical (unpaired) electrons. The second kappa shape index (κ2) is 8.64. The summed E-state index contributed by atoms with van der Waals surface area (Å²) in [6, 6.07) is 5.81. The van der Waals surface area contributed by atoms with E-state index >= 15 is 0 Å². The Morgan fingerprint density at radius 1 is 1.13 bits per heavy atom. The normalized spacial score (nSPS) is 15.2. The molecule has 2 rings (SSSR count). The topological polar surface area (TPSA) is 70.7 Å². The number of hydrogen-bond donors (Lipinski definition) is 2. The molecule has 23 heavy (non-hydrogen) atoms. The minimum atomic E-state index is -0.286. The summed E-state index contributed by atoms with van der Waals surface area (Å²) >= 11 is 0. The van der Waals surface area contributed by atoms with Crippen LogP contribution in [0.25, 0.3) is 0 Å². The van der Waals surface area contributed by atoms with Crippen LogP contribution in [-0.2, 0) is 14.3 Å². The zero-order valence-corrected chi connectivity index (χ0v) is 13.9. The molecule has 6 heteroatoms. The Kier molecular flexibility index (Phi) is 6.55. The van der Waals surface area contributed by atoms with Crippen molar-refractivity contribution in [1.29, 1.82) is 0 Å². The van der Waals surface area contributed by atoms with Crippen LogP contribution in [0.5, 0.6) is 0 Å². The molecule has 2 N–H and O–H groups in total. The van der Waals surface area contributed by atoms with Crippen molar-refractivity contribution in [3.05, 3.63) is 29.3 Å². The van der Waals surface area contributed by atoms with E-state index < -0.39 is 0 Å². The number of aryl methyl sites for hydroxylation is 2. The summed E-state index contributed by atoms with van der Waals surface area (Å²) in [5.74, 6) is -0.534. The molecule has 2 amide bonds. The van der Waals surface area contributed by atoms with E-state index in [2.05, 4.69) is 15.5 Å². The molecule has 0 saturated carbocycles. The van der Waals surface area contributed by atoms with Gasteiger partial charge in [-0.05, 0) is 25.0 Å². The van der Waals surface area contributed by atoms with E-state index in [0.717, 1.165) is 49.7 Å². The van der Waals surface area contributed by atoms with Gasteiger partial charge in [-0.3, -0.25) is 14.5 Å². The van der Waals surface area contributed by atoms with Crippen LogP contribution >= 0.6 is 0 Å². The molecule has 126 valence electrons. The smallest absolute Gasteiger partial charge is 0.233 e. The van der Waals surface area contributed by atoms with Gasteiger partial charge < -0.3 is 15.4 Å². The Morgan fingerprint density at radius 3 is 2.43 bits per heavy atom. The van der Waals surface area contributed by atoms with Gasteiger partial charge in [-0.1, -0.05) is 18.2 Å². The van der Waals surface area contributed by atoms with Gasteiger partial charge in [0.2, 0.25) is 11.8 Å². The van der Waals surface area contributed by atoms with Gasteiger partial charge in [0.05, 0.1) is 13.2 Å². The van der Waals surface area contributed by atoms with E-state index in [0.29, 0.717) is 6.54 Å². The van der Waals surface area contributed by atoms with Crippen LogP contribution in [-0.4, -0.2) is 56.1 Å². The lowest BCUT2D eigenvalue weighted by molar-refractivity contribution is -0.126. The average Bonchev–Trinajstić information content (AvgIpc) is 2.52. The third-order valence-corrected chi connectivity index (χ3v) is 3.92. The largest absolute Gasteiger partial charge is 0.379 e. The zero-order valence-electron chi connectivity index (χ0n) is 13.9. The summed E-state index contributed by atoms with van der Waals surface area (Å²) in [6.45, 7) is 8.48. The fourth-order valence-electron chi connectivity index (χ4n) is 2.58. The maximum Gasteiger partial charge on any atom is 0.233 e. The van der Waals surface area contributed by atoms with Crippen LogP contribution in [0.1, 0.15) is 17.5 Å². The SMILES string of the molecule is Cc1cccc(C)c1NC(=O)CC(=O)NCCN1CCOCC1. The van der Waals surface area contributed by atoms with Crippen LogP contribution in [0.2, 0.25) is 0 Å². The number of anilines is 1. The number of morpholine rings is 1. The van der Waals surface area contributed by atoms with E-state index in [1.165, 1.54) is 0 Å². The third-order valence-electron chi connectivity index (χ3n) is 3.92. The number of rotatable bonds is 6. The van der Waals surface area contributed by atoms with Crippen molar-refractivity contribution in [2.45, 2.75) is 20.3 Å². The molecule has 0 unspecified atom stereocenters. The number of nitrogens with zero attached hydrogens (tertiary/aromatic N) is 1. The summed E-state index contributed by atoms with van der Waals surface area (Å²) in [4.78, 5) is 26.1. The predicted molar refractivity (Wildman–Crippen MR) is 89.4 cm³/mol. The van der Waals surface area contributed by atoms with E-state index in [9.17, 15) is 9.59 Å². The predicted octanol–water partition coefficient (Wildman–Crippen LogP) is 1.08. The number of ether oxygens (including phenoxy) is 1. The van der Waals surface area contributed by atoms with Crippen molar-refractivity contribution in [2.75, 3.05) is 44.7 Å². The van der Waals surface area contributed by atoms with Crippen molar-refractivity contribution < 1.29 is 14.3 Å². The van der Waals surface area contributed by atoms with E-state index in [1.807, 2.05) is 32.0 Å². The summed E-state index contributed by atoms with van der Waals surface area (Å²) in [5, 5.41) is 5.62.